The summed E-state index contributed by atoms with van der Waals surface area (Å²) < 4.78 is 4.72. The first-order valence-electron chi connectivity index (χ1n) is 8.31. The second-order valence-electron chi connectivity index (χ2n) is 5.42. The highest BCUT2D eigenvalue weighted by atomic mass is 15.2. The Labute approximate surface area is 136 Å². The lowest BCUT2D eigenvalue weighted by Crippen LogP contribution is -2.45. The fourth-order valence-electron chi connectivity index (χ4n) is 3.38. The van der Waals surface area contributed by atoms with Crippen LogP contribution in [0.4, 0.5) is 0 Å². The average molecular weight is 299 g/mol. The highest BCUT2D eigenvalue weighted by molar-refractivity contribution is 5.65. The van der Waals surface area contributed by atoms with Gasteiger partial charge in [0.1, 0.15) is 11.7 Å². The summed E-state index contributed by atoms with van der Waals surface area (Å²) in [6, 6.07) is 9.44. The van der Waals surface area contributed by atoms with Crippen molar-refractivity contribution in [3.8, 4) is 11.3 Å². The molecule has 0 N–H and O–H groups in total. The van der Waals surface area contributed by atoms with Crippen molar-refractivity contribution >= 4 is 0 Å². The molecule has 0 spiro atoms. The Balaban J connectivity index is 0.000000561. The van der Waals surface area contributed by atoms with Gasteiger partial charge >= 0.3 is 0 Å². The maximum Gasteiger partial charge on any atom is 0.244 e. The number of hydrogen-bond donors (Lipinski definition) is 0. The van der Waals surface area contributed by atoms with E-state index in [1.54, 1.807) is 0 Å². The number of benzene rings is 1. The van der Waals surface area contributed by atoms with Gasteiger partial charge < -0.3 is 0 Å². The number of nitrogens with zero attached hydrogens (tertiary/aromatic N) is 2. The molecule has 0 aliphatic carbocycles. The summed E-state index contributed by atoms with van der Waals surface area (Å²) in [6.45, 7) is 16.9. The van der Waals surface area contributed by atoms with Crippen LogP contribution in [-0.2, 0) is 7.05 Å². The molecule has 2 nitrogen and oxygen atoms in total. The summed E-state index contributed by atoms with van der Waals surface area (Å²) in [7, 11) is 2.14. The lowest BCUT2D eigenvalue weighted by atomic mass is 9.83. The van der Waals surface area contributed by atoms with Crippen LogP contribution in [0.1, 0.15) is 57.3 Å². The quantitative estimate of drug-likeness (QED) is 0.506. The summed E-state index contributed by atoms with van der Waals surface area (Å²) in [5.74, 6) is 0.588. The number of imidazole rings is 1. The Morgan fingerprint density at radius 3 is 2.36 bits per heavy atom. The predicted octanol–water partition coefficient (Wildman–Crippen LogP) is 5.18. The monoisotopic (exact) mass is 299 g/mol. The molecule has 2 heterocycles. The van der Waals surface area contributed by atoms with Gasteiger partial charge in [-0.2, -0.15) is 0 Å². The Kier molecular flexibility index (Phi) is 6.61. The van der Waals surface area contributed by atoms with Gasteiger partial charge in [0.25, 0.3) is 0 Å². The minimum atomic E-state index is 0.579. The number of fused-ring (bicyclic) bond motifs is 3. The van der Waals surface area contributed by atoms with Crippen LogP contribution < -0.4 is 4.57 Å². The Bertz CT molecular complexity index is 610. The number of aryl methyl sites for hydroxylation is 1. The molecule has 0 fully saturated rings. The van der Waals surface area contributed by atoms with Crippen LogP contribution in [0, 0.1) is 6.92 Å². The Hall–Kier alpha value is -1.83. The Morgan fingerprint density at radius 2 is 1.77 bits per heavy atom. The molecule has 3 rings (SSSR count). The highest BCUT2D eigenvalue weighted by Gasteiger charge is 2.36. The molecule has 0 saturated carbocycles. The van der Waals surface area contributed by atoms with Crippen LogP contribution in [-0.4, -0.2) is 4.57 Å². The van der Waals surface area contributed by atoms with Crippen molar-refractivity contribution in [1.29, 1.82) is 0 Å². The van der Waals surface area contributed by atoms with Crippen LogP contribution in [0.3, 0.4) is 0 Å². The maximum absolute atomic E-state index is 3.00. The van der Waals surface area contributed by atoms with Gasteiger partial charge in [0.15, 0.2) is 5.69 Å². The fourth-order valence-corrected chi connectivity index (χ4v) is 3.38. The number of aromatic nitrogens is 2. The summed E-state index contributed by atoms with van der Waals surface area (Å²) in [5.41, 5.74) is 5.66. The van der Waals surface area contributed by atoms with Crippen molar-refractivity contribution in [2.45, 2.75) is 53.0 Å². The van der Waals surface area contributed by atoms with E-state index in [2.05, 4.69) is 80.7 Å². The van der Waals surface area contributed by atoms with Gasteiger partial charge in [-0.1, -0.05) is 52.0 Å². The van der Waals surface area contributed by atoms with Crippen LogP contribution in [0.2, 0.25) is 0 Å². The van der Waals surface area contributed by atoms with Crippen molar-refractivity contribution in [3.05, 3.63) is 55.0 Å². The van der Waals surface area contributed by atoms with Crippen LogP contribution in [0.5, 0.6) is 0 Å². The van der Waals surface area contributed by atoms with Crippen molar-refractivity contribution in [1.82, 2.24) is 4.57 Å². The second-order valence-corrected chi connectivity index (χ2v) is 5.42. The summed E-state index contributed by atoms with van der Waals surface area (Å²) in [5, 5.41) is 0. The second kappa shape index (κ2) is 7.98. The zero-order valence-electron chi connectivity index (χ0n) is 15.1. The summed E-state index contributed by atoms with van der Waals surface area (Å²) in [4.78, 5) is 0. The van der Waals surface area contributed by atoms with Crippen molar-refractivity contribution in [2.75, 3.05) is 0 Å². The van der Waals surface area contributed by atoms with E-state index in [1.807, 2.05) is 13.8 Å². The van der Waals surface area contributed by atoms with E-state index in [0.717, 1.165) is 0 Å². The first-order valence-corrected chi connectivity index (χ1v) is 8.31. The molecule has 2 atom stereocenters. The average Bonchev–Trinajstić information content (AvgIpc) is 2.87. The lowest BCUT2D eigenvalue weighted by molar-refractivity contribution is -0.717. The minimum Gasteiger partial charge on any atom is -0.236 e. The molecule has 2 heteroatoms. The summed E-state index contributed by atoms with van der Waals surface area (Å²) in [6.07, 6.45) is 3.43. The molecule has 1 aliphatic rings. The molecule has 0 radical (unpaired) electrons. The van der Waals surface area contributed by atoms with Gasteiger partial charge in [-0.05, 0) is 12.0 Å². The maximum atomic E-state index is 3.00. The van der Waals surface area contributed by atoms with Crippen LogP contribution in [0.15, 0.2) is 43.8 Å². The molecule has 1 unspecified atom stereocenters. The molecule has 1 aromatic carbocycles. The molecule has 1 aromatic heterocycles. The van der Waals surface area contributed by atoms with Crippen molar-refractivity contribution in [2.24, 2.45) is 7.05 Å². The van der Waals surface area contributed by atoms with Gasteiger partial charge in [0.05, 0.1) is 7.05 Å². The largest absolute Gasteiger partial charge is 0.244 e. The molecule has 2 aromatic rings. The van der Waals surface area contributed by atoms with Crippen LogP contribution in [0.25, 0.3) is 11.3 Å². The molecular weight excluding hydrogens is 268 g/mol. The Morgan fingerprint density at radius 1 is 1.18 bits per heavy atom. The summed E-state index contributed by atoms with van der Waals surface area (Å²) >= 11 is 0. The molecule has 120 valence electrons. The van der Waals surface area contributed by atoms with Gasteiger partial charge in [-0.15, -0.1) is 13.2 Å². The topological polar surface area (TPSA) is 8.81 Å². The van der Waals surface area contributed by atoms with Gasteiger partial charge in [-0.3, -0.25) is 0 Å². The first-order chi connectivity index (χ1) is 10.6. The predicted molar refractivity (Wildman–Crippen MR) is 96.1 cm³/mol. The van der Waals surface area contributed by atoms with Crippen LogP contribution >= 0.6 is 0 Å². The zero-order chi connectivity index (χ0) is 16.9. The third-order valence-electron chi connectivity index (χ3n) is 4.49. The van der Waals surface area contributed by atoms with Gasteiger partial charge in [0, 0.05) is 18.4 Å². The third-order valence-corrected chi connectivity index (χ3v) is 4.49. The number of rotatable bonds is 1. The third kappa shape index (κ3) is 2.87. The molecule has 0 saturated heterocycles. The fraction of sp³-hybridized carbons (Fsp3) is 0.450. The molecule has 22 heavy (non-hydrogen) atoms. The van der Waals surface area contributed by atoms with E-state index < -0.39 is 0 Å². The lowest BCUT2D eigenvalue weighted by Gasteiger charge is -2.28. The van der Waals surface area contributed by atoms with E-state index in [-0.39, 0.29) is 0 Å². The van der Waals surface area contributed by atoms with E-state index in [1.165, 1.54) is 28.9 Å². The van der Waals surface area contributed by atoms with E-state index in [0.29, 0.717) is 12.0 Å². The number of hydrogen-bond acceptors (Lipinski definition) is 0. The molecule has 0 bridgehead atoms. The molecule has 0 amide bonds. The standard InChI is InChI=1S/C16H21N2.C2H6.C2H4/c1-5-15-11(2)13-8-6-7-9-14(13)16-12(3)17(4)10-18(15)16;2*1-2/h6-11,15H,5H2,1-4H3;1-2H3;1-2H2/q+1;;/t11?,15-;;/m1../s1. The van der Waals surface area contributed by atoms with E-state index in [4.69, 9.17) is 0 Å². The normalized spacial score (nSPS) is 18.1. The van der Waals surface area contributed by atoms with Gasteiger partial charge in [0.2, 0.25) is 6.33 Å². The highest BCUT2D eigenvalue weighted by Crippen LogP contribution is 2.39. The minimum absolute atomic E-state index is 0.579. The first kappa shape index (κ1) is 18.2. The smallest absolute Gasteiger partial charge is 0.236 e. The van der Waals surface area contributed by atoms with Crippen molar-refractivity contribution < 1.29 is 4.57 Å². The zero-order valence-corrected chi connectivity index (χ0v) is 15.1. The SMILES string of the molecule is C=C.CC.CC[C@@H]1C(C)c2ccccc2-c2c(C)n(C)c[n+]21. The molecular formula is C20H31N2+. The van der Waals surface area contributed by atoms with E-state index >= 15 is 0 Å². The van der Waals surface area contributed by atoms with E-state index in [9.17, 15) is 0 Å². The van der Waals surface area contributed by atoms with Gasteiger partial charge in [-0.25, -0.2) is 9.13 Å². The molecule has 1 aliphatic heterocycles. The van der Waals surface area contributed by atoms with Crippen molar-refractivity contribution in [3.63, 3.8) is 0 Å².